The van der Waals surface area contributed by atoms with Crippen molar-refractivity contribution < 1.29 is 23.1 Å². The minimum atomic E-state index is -2.86. The van der Waals surface area contributed by atoms with Crippen molar-refractivity contribution >= 4 is 5.91 Å². The van der Waals surface area contributed by atoms with Crippen LogP contribution in [0.15, 0.2) is 16.7 Å². The van der Waals surface area contributed by atoms with Crippen LogP contribution < -0.4 is 5.32 Å². The second kappa shape index (κ2) is 4.88. The van der Waals surface area contributed by atoms with Gasteiger partial charge in [-0.1, -0.05) is 0 Å². The summed E-state index contributed by atoms with van der Waals surface area (Å²) < 4.78 is 28.6. The van der Waals surface area contributed by atoms with Crippen molar-refractivity contribution in [3.63, 3.8) is 0 Å². The molecule has 1 heterocycles. The molecule has 1 aromatic heterocycles. The summed E-state index contributed by atoms with van der Waals surface area (Å²) in [5.74, 6) is 0.00103. The number of aryl methyl sites for hydroxylation is 1. The molecule has 2 N–H and O–H groups in total. The molecule has 15 heavy (non-hydrogen) atoms. The van der Waals surface area contributed by atoms with E-state index in [9.17, 15) is 13.6 Å². The lowest BCUT2D eigenvalue weighted by molar-refractivity contribution is -0.00270. The molecular formula is C9H11F2NO3. The first kappa shape index (κ1) is 11.6. The zero-order chi connectivity index (χ0) is 11.4. The average Bonchev–Trinajstić information content (AvgIpc) is 2.60. The van der Waals surface area contributed by atoms with Crippen LogP contribution in [0.25, 0.3) is 0 Å². The van der Waals surface area contributed by atoms with Crippen LogP contribution in [-0.4, -0.2) is 30.1 Å². The molecule has 0 saturated carbocycles. The summed E-state index contributed by atoms with van der Waals surface area (Å²) in [5.41, 5.74) is 0.244. The van der Waals surface area contributed by atoms with Crippen LogP contribution in [0.3, 0.4) is 0 Å². The number of furan rings is 1. The Balaban J connectivity index is 2.43. The topological polar surface area (TPSA) is 62.5 Å². The summed E-state index contributed by atoms with van der Waals surface area (Å²) in [6, 6.07) is 1.48. The molecule has 1 unspecified atom stereocenters. The van der Waals surface area contributed by atoms with Gasteiger partial charge in [-0.15, -0.1) is 0 Å². The fraction of sp³-hybridized carbons (Fsp3) is 0.444. The van der Waals surface area contributed by atoms with Crippen molar-refractivity contribution in [2.24, 2.45) is 0 Å². The van der Waals surface area contributed by atoms with Crippen molar-refractivity contribution in [1.29, 1.82) is 0 Å². The molecule has 6 heteroatoms. The van der Waals surface area contributed by atoms with E-state index in [-0.39, 0.29) is 5.56 Å². The SMILES string of the molecule is Cc1cc(C(=O)NCC(O)C(F)F)co1. The predicted octanol–water partition coefficient (Wildman–Crippen LogP) is 0.944. The van der Waals surface area contributed by atoms with E-state index in [2.05, 4.69) is 5.32 Å². The Bertz CT molecular complexity index is 338. The molecule has 0 aliphatic heterocycles. The normalized spacial score (nSPS) is 12.9. The van der Waals surface area contributed by atoms with E-state index in [1.807, 2.05) is 0 Å². The molecule has 0 bridgehead atoms. The standard InChI is InChI=1S/C9H11F2NO3/c1-5-2-6(4-15-5)9(14)12-3-7(13)8(10)11/h2,4,7-8,13H,3H2,1H3,(H,12,14). The highest BCUT2D eigenvalue weighted by atomic mass is 19.3. The van der Waals surface area contributed by atoms with E-state index >= 15 is 0 Å². The van der Waals surface area contributed by atoms with Crippen molar-refractivity contribution in [3.05, 3.63) is 23.7 Å². The maximum atomic E-state index is 11.9. The monoisotopic (exact) mass is 219 g/mol. The minimum absolute atomic E-state index is 0.244. The van der Waals surface area contributed by atoms with E-state index in [0.717, 1.165) is 0 Å². The molecule has 0 fully saturated rings. The molecule has 0 aliphatic carbocycles. The fourth-order valence-electron chi connectivity index (χ4n) is 0.951. The third-order valence-electron chi connectivity index (χ3n) is 1.76. The number of nitrogens with one attached hydrogen (secondary N) is 1. The Morgan fingerprint density at radius 3 is 2.80 bits per heavy atom. The van der Waals surface area contributed by atoms with Gasteiger partial charge in [-0.2, -0.15) is 0 Å². The third-order valence-corrected chi connectivity index (χ3v) is 1.76. The number of alkyl halides is 2. The van der Waals surface area contributed by atoms with Crippen LogP contribution in [0.5, 0.6) is 0 Å². The van der Waals surface area contributed by atoms with Gasteiger partial charge in [0.2, 0.25) is 0 Å². The number of halogens is 2. The Morgan fingerprint density at radius 2 is 2.33 bits per heavy atom. The number of aliphatic hydroxyl groups is 1. The molecule has 84 valence electrons. The quantitative estimate of drug-likeness (QED) is 0.792. The third kappa shape index (κ3) is 3.32. The summed E-state index contributed by atoms with van der Waals surface area (Å²) in [7, 11) is 0. The van der Waals surface area contributed by atoms with Crippen molar-refractivity contribution in [2.75, 3.05) is 6.54 Å². The molecule has 1 aromatic rings. The molecule has 0 aliphatic rings. The van der Waals surface area contributed by atoms with Gasteiger partial charge in [0.1, 0.15) is 18.1 Å². The Morgan fingerprint density at radius 1 is 1.67 bits per heavy atom. The number of carbonyl (C=O) groups excluding carboxylic acids is 1. The smallest absolute Gasteiger partial charge is 0.265 e. The van der Waals surface area contributed by atoms with Gasteiger partial charge in [-0.3, -0.25) is 4.79 Å². The Kier molecular flexibility index (Phi) is 3.79. The molecule has 1 atom stereocenters. The Hall–Kier alpha value is -1.43. The summed E-state index contributed by atoms with van der Waals surface area (Å²) in [6.07, 6.45) is -3.49. The highest BCUT2D eigenvalue weighted by Gasteiger charge is 2.18. The summed E-state index contributed by atoms with van der Waals surface area (Å²) in [5, 5.41) is 10.9. The second-order valence-corrected chi connectivity index (χ2v) is 3.06. The number of amides is 1. The van der Waals surface area contributed by atoms with Gasteiger partial charge in [0.25, 0.3) is 12.3 Å². The molecule has 4 nitrogen and oxygen atoms in total. The van der Waals surface area contributed by atoms with E-state index < -0.39 is 25.0 Å². The van der Waals surface area contributed by atoms with Crippen molar-refractivity contribution in [3.8, 4) is 0 Å². The molecule has 0 saturated heterocycles. The van der Waals surface area contributed by atoms with Gasteiger partial charge in [0.05, 0.1) is 5.56 Å². The van der Waals surface area contributed by atoms with E-state index in [1.54, 1.807) is 6.92 Å². The number of aliphatic hydroxyl groups excluding tert-OH is 1. The highest BCUT2D eigenvalue weighted by molar-refractivity contribution is 5.93. The van der Waals surface area contributed by atoms with Crippen LogP contribution in [-0.2, 0) is 0 Å². The van der Waals surface area contributed by atoms with Gasteiger partial charge >= 0.3 is 0 Å². The fourth-order valence-corrected chi connectivity index (χ4v) is 0.951. The first-order valence-electron chi connectivity index (χ1n) is 4.30. The summed E-state index contributed by atoms with van der Waals surface area (Å²) in [4.78, 5) is 11.3. The van der Waals surface area contributed by atoms with E-state index in [0.29, 0.717) is 5.76 Å². The van der Waals surface area contributed by atoms with Gasteiger partial charge in [0, 0.05) is 6.54 Å². The van der Waals surface area contributed by atoms with Crippen LogP contribution in [0, 0.1) is 6.92 Å². The lowest BCUT2D eigenvalue weighted by Gasteiger charge is -2.09. The Labute approximate surface area is 84.9 Å². The largest absolute Gasteiger partial charge is 0.469 e. The first-order chi connectivity index (χ1) is 7.00. The number of rotatable bonds is 4. The van der Waals surface area contributed by atoms with Gasteiger partial charge in [-0.05, 0) is 13.0 Å². The van der Waals surface area contributed by atoms with Crippen LogP contribution in [0.2, 0.25) is 0 Å². The van der Waals surface area contributed by atoms with Crippen molar-refractivity contribution in [1.82, 2.24) is 5.32 Å². The molecule has 1 rings (SSSR count). The zero-order valence-corrected chi connectivity index (χ0v) is 8.04. The molecule has 0 spiro atoms. The molecule has 0 radical (unpaired) electrons. The maximum Gasteiger partial charge on any atom is 0.265 e. The average molecular weight is 219 g/mol. The summed E-state index contributed by atoms with van der Waals surface area (Å²) >= 11 is 0. The van der Waals surface area contributed by atoms with Crippen LogP contribution in [0.4, 0.5) is 8.78 Å². The second-order valence-electron chi connectivity index (χ2n) is 3.06. The van der Waals surface area contributed by atoms with Crippen LogP contribution >= 0.6 is 0 Å². The predicted molar refractivity (Wildman–Crippen MR) is 47.8 cm³/mol. The van der Waals surface area contributed by atoms with E-state index in [1.165, 1.54) is 12.3 Å². The van der Waals surface area contributed by atoms with Gasteiger partial charge in [-0.25, -0.2) is 8.78 Å². The number of hydrogen-bond acceptors (Lipinski definition) is 3. The number of hydrogen-bond donors (Lipinski definition) is 2. The first-order valence-corrected chi connectivity index (χ1v) is 4.30. The minimum Gasteiger partial charge on any atom is -0.469 e. The van der Waals surface area contributed by atoms with Gasteiger partial charge in [0.15, 0.2) is 0 Å². The highest BCUT2D eigenvalue weighted by Crippen LogP contribution is 2.06. The van der Waals surface area contributed by atoms with Crippen molar-refractivity contribution in [2.45, 2.75) is 19.5 Å². The maximum absolute atomic E-state index is 11.9. The lowest BCUT2D eigenvalue weighted by atomic mass is 10.3. The van der Waals surface area contributed by atoms with E-state index in [4.69, 9.17) is 9.52 Å². The molecule has 0 aromatic carbocycles. The zero-order valence-electron chi connectivity index (χ0n) is 8.04. The lowest BCUT2D eigenvalue weighted by Crippen LogP contribution is -2.35. The number of carbonyl (C=O) groups is 1. The molecule has 1 amide bonds. The summed E-state index contributed by atoms with van der Waals surface area (Å²) in [6.45, 7) is 1.17. The van der Waals surface area contributed by atoms with Crippen LogP contribution in [0.1, 0.15) is 16.1 Å². The molecular weight excluding hydrogens is 208 g/mol. The van der Waals surface area contributed by atoms with Gasteiger partial charge < -0.3 is 14.8 Å².